The first-order valence-electron chi connectivity index (χ1n) is 11.3. The van der Waals surface area contributed by atoms with Crippen LogP contribution in [-0.2, 0) is 18.2 Å². The Labute approximate surface area is 192 Å². The number of aromatic nitrogens is 3. The molecule has 3 heterocycles. The summed E-state index contributed by atoms with van der Waals surface area (Å²) in [5.74, 6) is 0.851. The minimum atomic E-state index is -0.505. The zero-order valence-corrected chi connectivity index (χ0v) is 19.4. The number of pyridine rings is 1. The molecule has 7 nitrogen and oxygen atoms in total. The van der Waals surface area contributed by atoms with Crippen molar-refractivity contribution in [1.82, 2.24) is 14.5 Å². The minimum absolute atomic E-state index is 0.0327. The molecule has 1 aliphatic heterocycles. The molecule has 2 aliphatic rings. The van der Waals surface area contributed by atoms with E-state index in [1.807, 2.05) is 19.9 Å². The van der Waals surface area contributed by atoms with Crippen molar-refractivity contribution < 1.29 is 13.9 Å². The van der Waals surface area contributed by atoms with Gasteiger partial charge in [-0.25, -0.2) is 9.37 Å². The van der Waals surface area contributed by atoms with E-state index in [0.717, 1.165) is 30.4 Å². The molecule has 3 aromatic rings. The second-order valence-corrected chi connectivity index (χ2v) is 7.85. The summed E-state index contributed by atoms with van der Waals surface area (Å²) < 4.78 is 27.4. The second kappa shape index (κ2) is 9.70. The van der Waals surface area contributed by atoms with Crippen molar-refractivity contribution in [2.75, 3.05) is 25.2 Å². The number of anilines is 1. The zero-order chi connectivity index (χ0) is 23.5. The maximum absolute atomic E-state index is 14.3. The lowest BCUT2D eigenvalue weighted by Gasteiger charge is -2.45. The molecule has 1 fully saturated rings. The van der Waals surface area contributed by atoms with E-state index in [1.54, 1.807) is 14.2 Å². The molecule has 5 rings (SSSR count). The quantitative estimate of drug-likeness (QED) is 0.600. The largest absolute Gasteiger partial charge is 0.497 e. The van der Waals surface area contributed by atoms with Gasteiger partial charge in [0.15, 0.2) is 5.82 Å². The number of hydrogen-bond donors (Lipinski definition) is 0. The van der Waals surface area contributed by atoms with Gasteiger partial charge in [-0.05, 0) is 42.2 Å². The van der Waals surface area contributed by atoms with E-state index >= 15 is 0 Å². The summed E-state index contributed by atoms with van der Waals surface area (Å²) >= 11 is 0. The van der Waals surface area contributed by atoms with Gasteiger partial charge in [-0.3, -0.25) is 14.3 Å². The van der Waals surface area contributed by atoms with Gasteiger partial charge in [0.1, 0.15) is 11.9 Å². The highest BCUT2D eigenvalue weighted by molar-refractivity contribution is 5.60. The van der Waals surface area contributed by atoms with Crippen molar-refractivity contribution >= 4 is 5.95 Å². The monoisotopic (exact) mass is 452 g/mol. The molecule has 0 amide bonds. The molecule has 2 aromatic heterocycles. The molecule has 1 unspecified atom stereocenters. The molecule has 0 radical (unpaired) electrons. The Kier molecular flexibility index (Phi) is 6.74. The van der Waals surface area contributed by atoms with Crippen LogP contribution in [0.3, 0.4) is 0 Å². The molecule has 1 aliphatic carbocycles. The van der Waals surface area contributed by atoms with Crippen molar-refractivity contribution in [3.05, 3.63) is 70.0 Å². The van der Waals surface area contributed by atoms with Gasteiger partial charge >= 0.3 is 0 Å². The molecular formula is C25H29FN4O3. The van der Waals surface area contributed by atoms with E-state index < -0.39 is 5.82 Å². The maximum atomic E-state index is 14.3. The van der Waals surface area contributed by atoms with Gasteiger partial charge in [0, 0.05) is 31.4 Å². The van der Waals surface area contributed by atoms with E-state index in [2.05, 4.69) is 22.0 Å². The average molecular weight is 453 g/mol. The van der Waals surface area contributed by atoms with Gasteiger partial charge in [0.2, 0.25) is 5.95 Å². The number of methoxy groups -OCH3 is 1. The topological polar surface area (TPSA) is 69.5 Å². The molecule has 1 aromatic carbocycles. The number of hydrogen-bond acceptors (Lipinski definition) is 6. The highest BCUT2D eigenvalue weighted by atomic mass is 19.1. The molecule has 33 heavy (non-hydrogen) atoms. The van der Waals surface area contributed by atoms with Gasteiger partial charge in [-0.2, -0.15) is 0 Å². The van der Waals surface area contributed by atoms with E-state index in [4.69, 9.17) is 14.5 Å². The molecule has 1 saturated heterocycles. The number of morpholine rings is 1. The lowest BCUT2D eigenvalue weighted by molar-refractivity contribution is 0.00172. The Morgan fingerprint density at radius 2 is 2.03 bits per heavy atom. The molecular weight excluding hydrogens is 423 g/mol. The SMILES string of the molecule is CC.COc1ccc2c(c1)CC[C@@H]1C2OCCN1c1nc(-c2ccncc2F)cc(=O)n1C. The van der Waals surface area contributed by atoms with Crippen LogP contribution in [-0.4, -0.2) is 40.8 Å². The first-order valence-corrected chi connectivity index (χ1v) is 11.3. The van der Waals surface area contributed by atoms with Crippen LogP contribution in [0.5, 0.6) is 5.75 Å². The fourth-order valence-electron chi connectivity index (χ4n) is 4.58. The van der Waals surface area contributed by atoms with Gasteiger partial charge in [-0.1, -0.05) is 19.9 Å². The smallest absolute Gasteiger partial charge is 0.255 e. The Bertz CT molecular complexity index is 1200. The van der Waals surface area contributed by atoms with Gasteiger partial charge < -0.3 is 14.4 Å². The van der Waals surface area contributed by atoms with Crippen LogP contribution in [0.4, 0.5) is 10.3 Å². The molecule has 0 N–H and O–H groups in total. The lowest BCUT2D eigenvalue weighted by atomic mass is 9.84. The predicted octanol–water partition coefficient (Wildman–Crippen LogP) is 3.91. The van der Waals surface area contributed by atoms with Crippen LogP contribution in [0, 0.1) is 5.82 Å². The van der Waals surface area contributed by atoms with Gasteiger partial charge in [-0.15, -0.1) is 0 Å². The van der Waals surface area contributed by atoms with E-state index in [-0.39, 0.29) is 23.3 Å². The number of benzene rings is 1. The van der Waals surface area contributed by atoms with Crippen LogP contribution >= 0.6 is 0 Å². The third-order valence-corrected chi connectivity index (χ3v) is 6.16. The van der Waals surface area contributed by atoms with Gasteiger partial charge in [0.05, 0.1) is 31.6 Å². The lowest BCUT2D eigenvalue weighted by Crippen LogP contribution is -2.51. The van der Waals surface area contributed by atoms with Crippen LogP contribution in [0.1, 0.15) is 37.5 Å². The summed E-state index contributed by atoms with van der Waals surface area (Å²) in [6.07, 6.45) is 4.23. The average Bonchev–Trinajstić information content (AvgIpc) is 2.86. The number of ether oxygens (including phenoxy) is 2. The maximum Gasteiger partial charge on any atom is 0.255 e. The van der Waals surface area contributed by atoms with Crippen LogP contribution in [0.2, 0.25) is 0 Å². The molecule has 0 bridgehead atoms. The summed E-state index contributed by atoms with van der Waals surface area (Å²) in [5, 5.41) is 0. The van der Waals surface area contributed by atoms with E-state index in [1.165, 1.54) is 28.5 Å². The molecule has 8 heteroatoms. The molecule has 2 atom stereocenters. The Balaban J connectivity index is 0.00000126. The fraction of sp³-hybridized carbons (Fsp3) is 0.400. The number of fused-ring (bicyclic) bond motifs is 3. The summed E-state index contributed by atoms with van der Waals surface area (Å²) in [6.45, 7) is 5.12. The van der Waals surface area contributed by atoms with Crippen molar-refractivity contribution in [1.29, 1.82) is 0 Å². The normalized spacial score (nSPS) is 19.1. The standard InChI is InChI=1S/C23H23FN4O3.C2H6/c1-27-21(29)12-19(17-7-8-25-13-18(17)24)26-23(27)28-9-10-31-22-16-5-4-15(30-2)11-14(16)3-6-20(22)28;1-2/h4-5,7-8,11-13,20,22H,3,6,9-10H2,1-2H3;1-2H3/t20-,22?;/m1./s1. The summed E-state index contributed by atoms with van der Waals surface area (Å²) in [7, 11) is 3.36. The highest BCUT2D eigenvalue weighted by Crippen LogP contribution is 2.40. The first kappa shape index (κ1) is 22.9. The van der Waals surface area contributed by atoms with E-state index in [0.29, 0.717) is 24.8 Å². The fourth-order valence-corrected chi connectivity index (χ4v) is 4.58. The Hall–Kier alpha value is -3.26. The van der Waals surface area contributed by atoms with Crippen molar-refractivity contribution in [3.63, 3.8) is 0 Å². The van der Waals surface area contributed by atoms with Gasteiger partial charge in [0.25, 0.3) is 5.56 Å². The molecule has 174 valence electrons. The molecule has 0 spiro atoms. The molecule has 0 saturated carbocycles. The number of nitrogens with zero attached hydrogens (tertiary/aromatic N) is 4. The number of halogens is 1. The number of aryl methyl sites for hydroxylation is 1. The Morgan fingerprint density at radius 3 is 2.79 bits per heavy atom. The second-order valence-electron chi connectivity index (χ2n) is 7.85. The summed E-state index contributed by atoms with van der Waals surface area (Å²) in [5.41, 5.74) is 2.70. The zero-order valence-electron chi connectivity index (χ0n) is 19.4. The minimum Gasteiger partial charge on any atom is -0.497 e. The van der Waals surface area contributed by atoms with Crippen LogP contribution in [0.25, 0.3) is 11.3 Å². The summed E-state index contributed by atoms with van der Waals surface area (Å²) in [4.78, 5) is 23.4. The third kappa shape index (κ3) is 4.23. The predicted molar refractivity (Wildman–Crippen MR) is 125 cm³/mol. The van der Waals surface area contributed by atoms with Crippen molar-refractivity contribution in [2.24, 2.45) is 7.05 Å². The summed E-state index contributed by atoms with van der Waals surface area (Å²) in [6, 6.07) is 9.00. The van der Waals surface area contributed by atoms with Crippen molar-refractivity contribution in [2.45, 2.75) is 38.8 Å². The number of rotatable bonds is 3. The van der Waals surface area contributed by atoms with Crippen molar-refractivity contribution in [3.8, 4) is 17.0 Å². The third-order valence-electron chi connectivity index (χ3n) is 6.16. The highest BCUT2D eigenvalue weighted by Gasteiger charge is 2.39. The first-order chi connectivity index (χ1) is 16.1. The Morgan fingerprint density at radius 1 is 1.21 bits per heavy atom. The van der Waals surface area contributed by atoms with E-state index in [9.17, 15) is 9.18 Å². The van der Waals surface area contributed by atoms with Crippen LogP contribution in [0.15, 0.2) is 47.5 Å². The van der Waals surface area contributed by atoms with Crippen LogP contribution < -0.4 is 15.2 Å².